The minimum absolute atomic E-state index is 0.102. The zero-order chi connectivity index (χ0) is 13.1. The van der Waals surface area contributed by atoms with E-state index in [4.69, 9.17) is 0 Å². The molecule has 2 aromatic rings. The highest BCUT2D eigenvalue weighted by Crippen LogP contribution is 2.50. The molecule has 0 spiro atoms. The third kappa shape index (κ3) is 1.50. The van der Waals surface area contributed by atoms with Crippen molar-refractivity contribution >= 4 is 15.9 Å². The van der Waals surface area contributed by atoms with Crippen LogP contribution < -0.4 is 0 Å². The summed E-state index contributed by atoms with van der Waals surface area (Å²) in [5.74, 6) is 0. The van der Waals surface area contributed by atoms with E-state index in [9.17, 15) is 0 Å². The van der Waals surface area contributed by atoms with Crippen molar-refractivity contribution in [2.45, 2.75) is 33.1 Å². The first-order chi connectivity index (χ1) is 8.41. The van der Waals surface area contributed by atoms with E-state index < -0.39 is 0 Å². The summed E-state index contributed by atoms with van der Waals surface area (Å²) in [4.78, 5) is 0. The molecule has 0 heterocycles. The van der Waals surface area contributed by atoms with Gasteiger partial charge in [0.05, 0.1) is 0 Å². The van der Waals surface area contributed by atoms with Crippen LogP contribution in [-0.2, 0) is 5.41 Å². The quantitative estimate of drug-likeness (QED) is 0.613. The monoisotopic (exact) mass is 300 g/mol. The zero-order valence-corrected chi connectivity index (χ0v) is 12.9. The Kier molecular flexibility index (Phi) is 2.47. The van der Waals surface area contributed by atoms with Gasteiger partial charge in [-0.3, -0.25) is 0 Å². The molecule has 18 heavy (non-hydrogen) atoms. The highest BCUT2D eigenvalue weighted by Gasteiger charge is 2.36. The maximum Gasteiger partial charge on any atom is 0.0178 e. The molecular weight excluding hydrogens is 284 g/mol. The largest absolute Gasteiger partial charge is 0.0557 e. The topological polar surface area (TPSA) is 0 Å². The van der Waals surface area contributed by atoms with Gasteiger partial charge in [0.15, 0.2) is 0 Å². The number of benzene rings is 2. The van der Waals surface area contributed by atoms with Crippen molar-refractivity contribution in [3.63, 3.8) is 0 Å². The van der Waals surface area contributed by atoms with Crippen LogP contribution in [0.3, 0.4) is 0 Å². The Morgan fingerprint density at radius 3 is 2.39 bits per heavy atom. The van der Waals surface area contributed by atoms with Crippen LogP contribution in [0.5, 0.6) is 0 Å². The summed E-state index contributed by atoms with van der Waals surface area (Å²) in [6.07, 6.45) is 0. The molecule has 0 aliphatic heterocycles. The van der Waals surface area contributed by atoms with E-state index in [-0.39, 0.29) is 5.41 Å². The summed E-state index contributed by atoms with van der Waals surface area (Å²) in [6.45, 7) is 9.05. The maximum absolute atomic E-state index is 3.59. The lowest BCUT2D eigenvalue weighted by molar-refractivity contribution is 0.659. The van der Waals surface area contributed by atoms with Crippen molar-refractivity contribution in [2.75, 3.05) is 0 Å². The molecule has 0 N–H and O–H groups in total. The Balaban J connectivity index is 2.42. The molecule has 1 aliphatic rings. The third-order valence-electron chi connectivity index (χ3n) is 4.08. The normalized spacial score (nSPS) is 15.4. The van der Waals surface area contributed by atoms with E-state index in [1.807, 2.05) is 0 Å². The molecule has 0 amide bonds. The van der Waals surface area contributed by atoms with E-state index in [1.165, 1.54) is 33.4 Å². The Morgan fingerprint density at radius 1 is 0.944 bits per heavy atom. The molecule has 0 saturated carbocycles. The SMILES string of the molecule is Cc1cc(C)c2c(c1)C(C)(C)c1cc(Br)ccc1-2. The summed E-state index contributed by atoms with van der Waals surface area (Å²) in [6, 6.07) is 11.3. The molecule has 0 atom stereocenters. The fourth-order valence-corrected chi connectivity index (χ4v) is 3.58. The Hall–Kier alpha value is -1.08. The van der Waals surface area contributed by atoms with Gasteiger partial charge in [-0.25, -0.2) is 0 Å². The van der Waals surface area contributed by atoms with Crippen LogP contribution >= 0.6 is 15.9 Å². The number of aryl methyl sites for hydroxylation is 2. The number of fused-ring (bicyclic) bond motifs is 3. The van der Waals surface area contributed by atoms with Crippen molar-refractivity contribution in [3.05, 3.63) is 57.1 Å². The van der Waals surface area contributed by atoms with Crippen molar-refractivity contribution < 1.29 is 0 Å². The van der Waals surface area contributed by atoms with Crippen LogP contribution in [0.4, 0.5) is 0 Å². The Bertz CT molecular complexity index is 651. The van der Waals surface area contributed by atoms with E-state index in [0.717, 1.165) is 4.47 Å². The lowest BCUT2D eigenvalue weighted by atomic mass is 9.81. The summed E-state index contributed by atoms with van der Waals surface area (Å²) in [7, 11) is 0. The zero-order valence-electron chi connectivity index (χ0n) is 11.3. The van der Waals surface area contributed by atoms with Gasteiger partial charge < -0.3 is 0 Å². The average Bonchev–Trinajstić information content (AvgIpc) is 2.49. The number of rotatable bonds is 0. The average molecular weight is 301 g/mol. The molecule has 0 aromatic heterocycles. The number of hydrogen-bond acceptors (Lipinski definition) is 0. The second-order valence-electron chi connectivity index (χ2n) is 5.82. The van der Waals surface area contributed by atoms with Crippen LogP contribution in [0.2, 0.25) is 0 Å². The van der Waals surface area contributed by atoms with Gasteiger partial charge in [-0.1, -0.05) is 53.5 Å². The van der Waals surface area contributed by atoms with Gasteiger partial charge in [0.1, 0.15) is 0 Å². The van der Waals surface area contributed by atoms with Gasteiger partial charge in [0.25, 0.3) is 0 Å². The van der Waals surface area contributed by atoms with E-state index in [2.05, 4.69) is 74.0 Å². The summed E-state index contributed by atoms with van der Waals surface area (Å²) in [5, 5.41) is 0. The van der Waals surface area contributed by atoms with Gasteiger partial charge in [0.2, 0.25) is 0 Å². The van der Waals surface area contributed by atoms with Gasteiger partial charge in [0, 0.05) is 9.89 Å². The Morgan fingerprint density at radius 2 is 1.67 bits per heavy atom. The molecular formula is C17H17Br. The highest BCUT2D eigenvalue weighted by atomic mass is 79.9. The molecule has 0 radical (unpaired) electrons. The van der Waals surface area contributed by atoms with E-state index >= 15 is 0 Å². The smallest absolute Gasteiger partial charge is 0.0178 e. The van der Waals surface area contributed by atoms with Crippen molar-refractivity contribution in [1.29, 1.82) is 0 Å². The summed E-state index contributed by atoms with van der Waals surface area (Å²) in [5.41, 5.74) is 8.58. The Labute approximate surface area is 117 Å². The van der Waals surface area contributed by atoms with Crippen molar-refractivity contribution in [2.24, 2.45) is 0 Å². The maximum atomic E-state index is 3.59. The molecule has 0 bridgehead atoms. The van der Waals surface area contributed by atoms with Crippen LogP contribution in [0, 0.1) is 13.8 Å². The van der Waals surface area contributed by atoms with Crippen LogP contribution in [0.1, 0.15) is 36.1 Å². The van der Waals surface area contributed by atoms with Gasteiger partial charge in [-0.2, -0.15) is 0 Å². The first-order valence-electron chi connectivity index (χ1n) is 6.33. The standard InChI is InChI=1S/C17H17Br/c1-10-7-11(2)16-13-6-5-12(18)9-14(13)17(3,4)15(16)8-10/h5-9H,1-4H3. The van der Waals surface area contributed by atoms with Crippen LogP contribution in [0.15, 0.2) is 34.8 Å². The fourth-order valence-electron chi connectivity index (χ4n) is 3.21. The molecule has 92 valence electrons. The summed E-state index contributed by atoms with van der Waals surface area (Å²) >= 11 is 3.59. The molecule has 0 unspecified atom stereocenters. The molecule has 0 nitrogen and oxygen atoms in total. The first-order valence-corrected chi connectivity index (χ1v) is 7.12. The van der Waals surface area contributed by atoms with Crippen LogP contribution in [-0.4, -0.2) is 0 Å². The minimum atomic E-state index is 0.102. The summed E-state index contributed by atoms with van der Waals surface area (Å²) < 4.78 is 1.16. The number of hydrogen-bond donors (Lipinski definition) is 0. The van der Waals surface area contributed by atoms with Crippen molar-refractivity contribution in [3.8, 4) is 11.1 Å². The molecule has 0 saturated heterocycles. The van der Waals surface area contributed by atoms with Gasteiger partial charge >= 0.3 is 0 Å². The second kappa shape index (κ2) is 3.71. The van der Waals surface area contributed by atoms with E-state index in [0.29, 0.717) is 0 Å². The third-order valence-corrected chi connectivity index (χ3v) is 4.57. The van der Waals surface area contributed by atoms with Gasteiger partial charge in [-0.05, 0) is 53.8 Å². The number of halogens is 1. The predicted octanol–water partition coefficient (Wildman–Crippen LogP) is 5.37. The fraction of sp³-hybridized carbons (Fsp3) is 0.294. The highest BCUT2D eigenvalue weighted by molar-refractivity contribution is 9.10. The molecule has 2 aromatic carbocycles. The molecule has 1 aliphatic carbocycles. The molecule has 3 rings (SSSR count). The van der Waals surface area contributed by atoms with Gasteiger partial charge in [-0.15, -0.1) is 0 Å². The molecule has 1 heteroatoms. The van der Waals surface area contributed by atoms with Crippen LogP contribution in [0.25, 0.3) is 11.1 Å². The lowest BCUT2D eigenvalue weighted by Crippen LogP contribution is -2.15. The van der Waals surface area contributed by atoms with E-state index in [1.54, 1.807) is 0 Å². The predicted molar refractivity (Wildman–Crippen MR) is 81.2 cm³/mol. The first kappa shape index (κ1) is 12.0. The second-order valence-corrected chi connectivity index (χ2v) is 6.73. The molecule has 0 fully saturated rings. The lowest BCUT2D eigenvalue weighted by Gasteiger charge is -2.22. The van der Waals surface area contributed by atoms with Crippen molar-refractivity contribution in [1.82, 2.24) is 0 Å². The minimum Gasteiger partial charge on any atom is -0.0557 e.